The Morgan fingerprint density at radius 2 is 1.81 bits per heavy atom. The molecule has 0 aliphatic heterocycles. The van der Waals surface area contributed by atoms with Crippen LogP contribution in [0.15, 0.2) is 48.5 Å². The van der Waals surface area contributed by atoms with Crippen LogP contribution in [-0.2, 0) is 4.79 Å². The SMILES string of the molecule is C[C@H](NCC(=O)Nc1ccccc1C(=O)NC1CC1)c1ccccc1Cl. The van der Waals surface area contributed by atoms with Crippen LogP contribution in [0.3, 0.4) is 0 Å². The lowest BCUT2D eigenvalue weighted by molar-refractivity contribution is -0.115. The van der Waals surface area contributed by atoms with Crippen molar-refractivity contribution in [1.29, 1.82) is 0 Å². The fourth-order valence-corrected chi connectivity index (χ4v) is 2.96. The lowest BCUT2D eigenvalue weighted by atomic mass is 10.1. The Balaban J connectivity index is 1.58. The van der Waals surface area contributed by atoms with E-state index in [-0.39, 0.29) is 30.4 Å². The zero-order valence-corrected chi connectivity index (χ0v) is 15.3. The fourth-order valence-electron chi connectivity index (χ4n) is 2.66. The number of hydrogen-bond donors (Lipinski definition) is 3. The van der Waals surface area contributed by atoms with Crippen LogP contribution in [0.25, 0.3) is 0 Å². The van der Waals surface area contributed by atoms with E-state index in [1.807, 2.05) is 31.2 Å². The van der Waals surface area contributed by atoms with Gasteiger partial charge < -0.3 is 16.0 Å². The molecular formula is C20H22ClN3O2. The van der Waals surface area contributed by atoms with Crippen molar-refractivity contribution in [3.05, 3.63) is 64.7 Å². The van der Waals surface area contributed by atoms with Crippen molar-refractivity contribution in [1.82, 2.24) is 10.6 Å². The van der Waals surface area contributed by atoms with Gasteiger partial charge in [-0.2, -0.15) is 0 Å². The quantitative estimate of drug-likeness (QED) is 0.697. The molecule has 0 bridgehead atoms. The number of carbonyl (C=O) groups excluding carboxylic acids is 2. The molecule has 1 saturated carbocycles. The molecule has 1 aliphatic rings. The fraction of sp³-hybridized carbons (Fsp3) is 0.300. The highest BCUT2D eigenvalue weighted by Crippen LogP contribution is 2.23. The van der Waals surface area contributed by atoms with Crippen LogP contribution in [0, 0.1) is 0 Å². The molecule has 26 heavy (non-hydrogen) atoms. The van der Waals surface area contributed by atoms with E-state index in [0.717, 1.165) is 18.4 Å². The minimum Gasteiger partial charge on any atom is -0.349 e. The van der Waals surface area contributed by atoms with Gasteiger partial charge in [0.25, 0.3) is 5.91 Å². The molecule has 0 saturated heterocycles. The highest BCUT2D eigenvalue weighted by molar-refractivity contribution is 6.31. The summed E-state index contributed by atoms with van der Waals surface area (Å²) in [5.41, 5.74) is 1.93. The number of para-hydroxylation sites is 1. The maximum Gasteiger partial charge on any atom is 0.253 e. The number of rotatable bonds is 7. The van der Waals surface area contributed by atoms with Gasteiger partial charge in [-0.15, -0.1) is 0 Å². The van der Waals surface area contributed by atoms with E-state index in [0.29, 0.717) is 16.3 Å². The minimum atomic E-state index is -0.212. The summed E-state index contributed by atoms with van der Waals surface area (Å²) in [5, 5.41) is 9.57. The van der Waals surface area contributed by atoms with Gasteiger partial charge >= 0.3 is 0 Å². The van der Waals surface area contributed by atoms with E-state index in [1.54, 1.807) is 24.3 Å². The summed E-state index contributed by atoms with van der Waals surface area (Å²) in [6, 6.07) is 14.8. The summed E-state index contributed by atoms with van der Waals surface area (Å²) in [7, 11) is 0. The van der Waals surface area contributed by atoms with Crippen LogP contribution in [0.5, 0.6) is 0 Å². The maximum absolute atomic E-state index is 12.3. The lowest BCUT2D eigenvalue weighted by Gasteiger charge is -2.16. The Morgan fingerprint density at radius 1 is 1.12 bits per heavy atom. The number of carbonyl (C=O) groups is 2. The molecule has 3 rings (SSSR count). The molecule has 6 heteroatoms. The Kier molecular flexibility index (Phi) is 5.91. The van der Waals surface area contributed by atoms with E-state index >= 15 is 0 Å². The van der Waals surface area contributed by atoms with Gasteiger partial charge in [-0.3, -0.25) is 9.59 Å². The molecule has 3 N–H and O–H groups in total. The van der Waals surface area contributed by atoms with Crippen molar-refractivity contribution in [3.8, 4) is 0 Å². The average Bonchev–Trinajstić information content (AvgIpc) is 3.44. The molecule has 0 unspecified atom stereocenters. The minimum absolute atomic E-state index is 0.0668. The summed E-state index contributed by atoms with van der Waals surface area (Å²) < 4.78 is 0. The first-order chi connectivity index (χ1) is 12.5. The van der Waals surface area contributed by atoms with E-state index < -0.39 is 0 Å². The number of anilines is 1. The second-order valence-electron chi connectivity index (χ2n) is 6.47. The third-order valence-corrected chi connectivity index (χ3v) is 4.64. The normalized spacial score (nSPS) is 14.5. The van der Waals surface area contributed by atoms with Crippen LogP contribution in [0.1, 0.15) is 41.7 Å². The molecule has 0 heterocycles. The van der Waals surface area contributed by atoms with Gasteiger partial charge in [0, 0.05) is 17.1 Å². The van der Waals surface area contributed by atoms with Gasteiger partial charge in [-0.25, -0.2) is 0 Å². The number of nitrogens with one attached hydrogen (secondary N) is 3. The number of hydrogen-bond acceptors (Lipinski definition) is 3. The maximum atomic E-state index is 12.3. The van der Waals surface area contributed by atoms with Crippen molar-refractivity contribution >= 4 is 29.1 Å². The molecular weight excluding hydrogens is 350 g/mol. The van der Waals surface area contributed by atoms with Crippen molar-refractivity contribution in [2.45, 2.75) is 31.8 Å². The summed E-state index contributed by atoms with van der Waals surface area (Å²) in [5.74, 6) is -0.364. The van der Waals surface area contributed by atoms with E-state index in [4.69, 9.17) is 11.6 Å². The predicted molar refractivity (Wildman–Crippen MR) is 103 cm³/mol. The van der Waals surface area contributed by atoms with Gasteiger partial charge in [0.05, 0.1) is 17.8 Å². The first-order valence-electron chi connectivity index (χ1n) is 8.72. The average molecular weight is 372 g/mol. The summed E-state index contributed by atoms with van der Waals surface area (Å²) in [6.45, 7) is 2.07. The second kappa shape index (κ2) is 8.34. The van der Waals surface area contributed by atoms with Gasteiger partial charge in [0.2, 0.25) is 5.91 Å². The molecule has 5 nitrogen and oxygen atoms in total. The second-order valence-corrected chi connectivity index (χ2v) is 6.87. The molecule has 2 aromatic carbocycles. The molecule has 0 radical (unpaired) electrons. The number of amides is 2. The lowest BCUT2D eigenvalue weighted by Crippen LogP contribution is -2.31. The Morgan fingerprint density at radius 3 is 2.54 bits per heavy atom. The molecule has 1 fully saturated rings. The van der Waals surface area contributed by atoms with Crippen molar-refractivity contribution in [3.63, 3.8) is 0 Å². The predicted octanol–water partition coefficient (Wildman–Crippen LogP) is 3.52. The summed E-state index contributed by atoms with van der Waals surface area (Å²) >= 11 is 6.18. The zero-order valence-electron chi connectivity index (χ0n) is 14.6. The first kappa shape index (κ1) is 18.4. The van der Waals surface area contributed by atoms with Crippen LogP contribution in [-0.4, -0.2) is 24.4 Å². The Labute approximate surface area is 158 Å². The Hall–Kier alpha value is -2.37. The third kappa shape index (κ3) is 4.84. The zero-order chi connectivity index (χ0) is 18.5. The third-order valence-electron chi connectivity index (χ3n) is 4.30. The van der Waals surface area contributed by atoms with Crippen molar-refractivity contribution in [2.24, 2.45) is 0 Å². The van der Waals surface area contributed by atoms with Gasteiger partial charge in [0.1, 0.15) is 0 Å². The summed E-state index contributed by atoms with van der Waals surface area (Å²) in [4.78, 5) is 24.6. The van der Waals surface area contributed by atoms with E-state index in [9.17, 15) is 9.59 Å². The number of benzene rings is 2. The smallest absolute Gasteiger partial charge is 0.253 e. The monoisotopic (exact) mass is 371 g/mol. The van der Waals surface area contributed by atoms with Gasteiger partial charge in [-0.05, 0) is 43.5 Å². The molecule has 1 atom stereocenters. The number of halogens is 1. The van der Waals surface area contributed by atoms with Crippen molar-refractivity contribution < 1.29 is 9.59 Å². The molecule has 0 spiro atoms. The first-order valence-corrected chi connectivity index (χ1v) is 9.10. The van der Waals surface area contributed by atoms with Gasteiger partial charge in [0.15, 0.2) is 0 Å². The van der Waals surface area contributed by atoms with Gasteiger partial charge in [-0.1, -0.05) is 41.9 Å². The largest absolute Gasteiger partial charge is 0.349 e. The summed E-state index contributed by atoms with van der Waals surface area (Å²) in [6.07, 6.45) is 2.04. The molecule has 0 aromatic heterocycles. The Bertz CT molecular complexity index is 805. The van der Waals surface area contributed by atoms with E-state index in [1.165, 1.54) is 0 Å². The molecule has 136 valence electrons. The molecule has 1 aliphatic carbocycles. The topological polar surface area (TPSA) is 70.2 Å². The highest BCUT2D eigenvalue weighted by atomic mass is 35.5. The van der Waals surface area contributed by atoms with Crippen LogP contribution in [0.4, 0.5) is 5.69 Å². The van der Waals surface area contributed by atoms with E-state index in [2.05, 4.69) is 16.0 Å². The van der Waals surface area contributed by atoms with Crippen LogP contribution >= 0.6 is 11.6 Å². The standard InChI is InChI=1S/C20H22ClN3O2/c1-13(15-6-2-4-8-17(15)21)22-12-19(25)24-18-9-5-3-7-16(18)20(26)23-14-10-11-14/h2-9,13-14,22H,10-12H2,1H3,(H,23,26)(H,24,25)/t13-/m0/s1. The van der Waals surface area contributed by atoms with Crippen LogP contribution < -0.4 is 16.0 Å². The van der Waals surface area contributed by atoms with Crippen molar-refractivity contribution in [2.75, 3.05) is 11.9 Å². The highest BCUT2D eigenvalue weighted by Gasteiger charge is 2.25. The molecule has 2 aromatic rings. The molecule has 2 amide bonds. The van der Waals surface area contributed by atoms with Crippen LogP contribution in [0.2, 0.25) is 5.02 Å².